The number of amides is 1. The molecule has 1 aliphatic rings. The summed E-state index contributed by atoms with van der Waals surface area (Å²) in [5.74, 6) is -0.101. The van der Waals surface area contributed by atoms with Crippen molar-refractivity contribution in [1.29, 1.82) is 0 Å². The molecule has 2 rings (SSSR count). The number of morpholine rings is 1. The second kappa shape index (κ2) is 6.76. The zero-order valence-corrected chi connectivity index (χ0v) is 13.0. The maximum atomic E-state index is 12.1. The number of rotatable bonds is 3. The van der Waals surface area contributed by atoms with Crippen LogP contribution in [0.1, 0.15) is 13.8 Å². The molecule has 1 N–H and O–H groups in total. The first-order valence-electron chi connectivity index (χ1n) is 6.57. The normalized spacial score (nSPS) is 23.6. The number of nitrogens with zero attached hydrogens (tertiary/aromatic N) is 1. The van der Waals surface area contributed by atoms with Gasteiger partial charge in [-0.3, -0.25) is 9.69 Å². The van der Waals surface area contributed by atoms with Gasteiger partial charge >= 0.3 is 0 Å². The van der Waals surface area contributed by atoms with E-state index in [0.29, 0.717) is 22.3 Å². The summed E-state index contributed by atoms with van der Waals surface area (Å²) < 4.78 is 5.64. The van der Waals surface area contributed by atoms with E-state index >= 15 is 0 Å². The number of carbonyl (C=O) groups is 1. The smallest absolute Gasteiger partial charge is 0.238 e. The molecule has 1 fully saturated rings. The lowest BCUT2D eigenvalue weighted by Gasteiger charge is -2.34. The molecule has 0 saturated carbocycles. The molecule has 4 nitrogen and oxygen atoms in total. The minimum Gasteiger partial charge on any atom is -0.373 e. The van der Waals surface area contributed by atoms with Crippen LogP contribution in [0.4, 0.5) is 5.69 Å². The van der Waals surface area contributed by atoms with Crippen LogP contribution in [0.5, 0.6) is 0 Å². The lowest BCUT2D eigenvalue weighted by Crippen LogP contribution is -2.48. The largest absolute Gasteiger partial charge is 0.373 e. The van der Waals surface area contributed by atoms with E-state index in [1.807, 2.05) is 13.8 Å². The first-order valence-corrected chi connectivity index (χ1v) is 7.33. The number of hydrogen-bond acceptors (Lipinski definition) is 3. The van der Waals surface area contributed by atoms with Crippen molar-refractivity contribution in [1.82, 2.24) is 4.90 Å². The maximum absolute atomic E-state index is 12.1. The third kappa shape index (κ3) is 4.09. The number of ether oxygens (including phenoxy) is 1. The van der Waals surface area contributed by atoms with E-state index in [2.05, 4.69) is 10.2 Å². The Labute approximate surface area is 129 Å². The second-order valence-corrected chi connectivity index (χ2v) is 5.89. The van der Waals surface area contributed by atoms with Crippen molar-refractivity contribution < 1.29 is 9.53 Å². The maximum Gasteiger partial charge on any atom is 0.238 e. The molecule has 20 heavy (non-hydrogen) atoms. The summed E-state index contributed by atoms with van der Waals surface area (Å²) in [5.41, 5.74) is 0.540. The average molecular weight is 317 g/mol. The van der Waals surface area contributed by atoms with Gasteiger partial charge < -0.3 is 10.1 Å². The fourth-order valence-corrected chi connectivity index (χ4v) is 2.75. The van der Waals surface area contributed by atoms with Gasteiger partial charge in [0.2, 0.25) is 5.91 Å². The van der Waals surface area contributed by atoms with Gasteiger partial charge in [0.15, 0.2) is 0 Å². The van der Waals surface area contributed by atoms with E-state index in [9.17, 15) is 4.79 Å². The standard InChI is InChI=1S/C14H18Cl2N2O2/c1-9-6-18(7-10(2)20-9)8-13(19)17-12-5-3-4-11(15)14(12)16/h3-5,9-10H,6-8H2,1-2H3,(H,17,19). The average Bonchev–Trinajstić information content (AvgIpc) is 2.33. The number of halogens is 2. The molecule has 0 bridgehead atoms. The van der Waals surface area contributed by atoms with Gasteiger partial charge in [0, 0.05) is 13.1 Å². The quantitative estimate of drug-likeness (QED) is 0.932. The van der Waals surface area contributed by atoms with Gasteiger partial charge in [-0.2, -0.15) is 0 Å². The Morgan fingerprint density at radius 2 is 2.00 bits per heavy atom. The lowest BCUT2D eigenvalue weighted by atomic mass is 10.2. The van der Waals surface area contributed by atoms with Crippen LogP contribution in [0.2, 0.25) is 10.0 Å². The molecule has 110 valence electrons. The molecule has 2 unspecified atom stereocenters. The molecule has 0 aromatic heterocycles. The molecule has 1 aliphatic heterocycles. The summed E-state index contributed by atoms with van der Waals surface area (Å²) in [6.07, 6.45) is 0.280. The Kier molecular flexibility index (Phi) is 5.27. The summed E-state index contributed by atoms with van der Waals surface area (Å²) >= 11 is 12.0. The predicted molar refractivity (Wildman–Crippen MR) is 81.5 cm³/mol. The summed E-state index contributed by atoms with van der Waals surface area (Å²) in [5, 5.41) is 3.59. The van der Waals surface area contributed by atoms with Gasteiger partial charge in [0.25, 0.3) is 0 Å². The number of carbonyl (C=O) groups excluding carboxylic acids is 1. The molecule has 1 heterocycles. The van der Waals surface area contributed by atoms with Gasteiger partial charge in [-0.15, -0.1) is 0 Å². The number of hydrogen-bond donors (Lipinski definition) is 1. The zero-order chi connectivity index (χ0) is 14.7. The van der Waals surface area contributed by atoms with Crippen molar-refractivity contribution in [3.8, 4) is 0 Å². The number of nitrogens with one attached hydrogen (secondary N) is 1. The fraction of sp³-hybridized carbons (Fsp3) is 0.500. The van der Waals surface area contributed by atoms with Gasteiger partial charge in [-0.1, -0.05) is 29.3 Å². The Morgan fingerprint density at radius 1 is 1.35 bits per heavy atom. The Hall–Kier alpha value is -0.810. The van der Waals surface area contributed by atoms with Crippen LogP contribution in [-0.4, -0.2) is 42.6 Å². The van der Waals surface area contributed by atoms with Gasteiger partial charge in [0.1, 0.15) is 0 Å². The second-order valence-electron chi connectivity index (χ2n) is 5.10. The van der Waals surface area contributed by atoms with Crippen LogP contribution in [0.3, 0.4) is 0 Å². The molecule has 2 atom stereocenters. The van der Waals surface area contributed by atoms with E-state index < -0.39 is 0 Å². The first kappa shape index (κ1) is 15.6. The third-order valence-electron chi connectivity index (χ3n) is 3.09. The highest BCUT2D eigenvalue weighted by atomic mass is 35.5. The Balaban J connectivity index is 1.94. The van der Waals surface area contributed by atoms with E-state index in [1.54, 1.807) is 18.2 Å². The highest BCUT2D eigenvalue weighted by Crippen LogP contribution is 2.29. The molecule has 6 heteroatoms. The Morgan fingerprint density at radius 3 is 2.65 bits per heavy atom. The molecule has 1 amide bonds. The van der Waals surface area contributed by atoms with E-state index in [1.165, 1.54) is 0 Å². The number of anilines is 1. The Bertz CT molecular complexity index is 486. The summed E-state index contributed by atoms with van der Waals surface area (Å²) in [6, 6.07) is 5.17. The van der Waals surface area contributed by atoms with E-state index in [0.717, 1.165) is 13.1 Å². The van der Waals surface area contributed by atoms with Crippen molar-refractivity contribution >= 4 is 34.8 Å². The van der Waals surface area contributed by atoms with Crippen molar-refractivity contribution in [2.24, 2.45) is 0 Å². The van der Waals surface area contributed by atoms with Gasteiger partial charge in [0.05, 0.1) is 34.5 Å². The zero-order valence-electron chi connectivity index (χ0n) is 11.5. The van der Waals surface area contributed by atoms with Crippen molar-refractivity contribution in [2.45, 2.75) is 26.1 Å². The third-order valence-corrected chi connectivity index (χ3v) is 3.91. The summed E-state index contributed by atoms with van der Waals surface area (Å²) in [6.45, 7) is 5.84. The van der Waals surface area contributed by atoms with Gasteiger partial charge in [-0.25, -0.2) is 0 Å². The first-order chi connectivity index (χ1) is 9.45. The molecular formula is C14H18Cl2N2O2. The molecular weight excluding hydrogens is 299 g/mol. The van der Waals surface area contributed by atoms with Crippen LogP contribution in [0.25, 0.3) is 0 Å². The molecule has 1 aromatic rings. The SMILES string of the molecule is CC1CN(CC(=O)Nc2cccc(Cl)c2Cl)CC(C)O1. The molecule has 0 aliphatic carbocycles. The van der Waals surface area contributed by atoms with Crippen LogP contribution in [0, 0.1) is 0 Å². The van der Waals surface area contributed by atoms with E-state index in [-0.39, 0.29) is 18.1 Å². The van der Waals surface area contributed by atoms with E-state index in [4.69, 9.17) is 27.9 Å². The molecule has 1 saturated heterocycles. The summed E-state index contributed by atoms with van der Waals surface area (Å²) in [7, 11) is 0. The summed E-state index contributed by atoms with van der Waals surface area (Å²) in [4.78, 5) is 14.1. The fourth-order valence-electron chi connectivity index (χ4n) is 2.41. The molecule has 1 aromatic carbocycles. The van der Waals surface area contributed by atoms with Crippen molar-refractivity contribution in [2.75, 3.05) is 25.0 Å². The molecule has 0 spiro atoms. The van der Waals surface area contributed by atoms with Crippen molar-refractivity contribution in [3.05, 3.63) is 28.2 Å². The topological polar surface area (TPSA) is 41.6 Å². The number of benzene rings is 1. The monoisotopic (exact) mass is 316 g/mol. The minimum absolute atomic E-state index is 0.101. The highest BCUT2D eigenvalue weighted by molar-refractivity contribution is 6.43. The van der Waals surface area contributed by atoms with Crippen LogP contribution >= 0.6 is 23.2 Å². The van der Waals surface area contributed by atoms with Crippen LogP contribution in [0.15, 0.2) is 18.2 Å². The van der Waals surface area contributed by atoms with Gasteiger partial charge in [-0.05, 0) is 26.0 Å². The predicted octanol–water partition coefficient (Wildman–Crippen LogP) is 3.04. The minimum atomic E-state index is -0.101. The molecule has 0 radical (unpaired) electrons. The lowest BCUT2D eigenvalue weighted by molar-refractivity contribution is -0.121. The van der Waals surface area contributed by atoms with Crippen molar-refractivity contribution in [3.63, 3.8) is 0 Å². The van der Waals surface area contributed by atoms with Crippen LogP contribution in [-0.2, 0) is 9.53 Å². The highest BCUT2D eigenvalue weighted by Gasteiger charge is 2.23. The van der Waals surface area contributed by atoms with Crippen LogP contribution < -0.4 is 5.32 Å².